The molecule has 0 spiro atoms. The predicted octanol–water partition coefficient (Wildman–Crippen LogP) is 2.30. The van der Waals surface area contributed by atoms with Gasteiger partial charge in [-0.2, -0.15) is 0 Å². The van der Waals surface area contributed by atoms with E-state index in [1.165, 1.54) is 12.0 Å². The van der Waals surface area contributed by atoms with E-state index in [9.17, 15) is 19.5 Å². The number of aryl methyl sites for hydroxylation is 2. The predicted molar refractivity (Wildman–Crippen MR) is 113 cm³/mol. The highest BCUT2D eigenvalue weighted by molar-refractivity contribution is 6.46. The highest BCUT2D eigenvalue weighted by atomic mass is 16.5. The number of rotatable bonds is 6. The normalized spacial score (nSPS) is 18.3. The number of carbonyl (C=O) groups excluding carboxylic acids is 3. The van der Waals surface area contributed by atoms with Crippen LogP contribution >= 0.6 is 0 Å². The van der Waals surface area contributed by atoms with Crippen LogP contribution < -0.4 is 0 Å². The second-order valence-corrected chi connectivity index (χ2v) is 7.86. The van der Waals surface area contributed by atoms with E-state index in [-0.39, 0.29) is 23.6 Å². The Kier molecular flexibility index (Phi) is 6.08. The van der Waals surface area contributed by atoms with Gasteiger partial charge in [0, 0.05) is 24.3 Å². The molecule has 9 heteroatoms. The van der Waals surface area contributed by atoms with E-state index in [0.717, 1.165) is 0 Å². The van der Waals surface area contributed by atoms with Gasteiger partial charge in [0.1, 0.15) is 29.0 Å². The maximum Gasteiger partial charge on any atom is 0.354 e. The first-order valence-corrected chi connectivity index (χ1v) is 9.85. The van der Waals surface area contributed by atoms with E-state index >= 15 is 0 Å². The van der Waals surface area contributed by atoms with Gasteiger partial charge in [-0.15, -0.1) is 0 Å². The van der Waals surface area contributed by atoms with Crippen molar-refractivity contribution < 1.29 is 28.6 Å². The standard InChI is InChI=1S/C22H27N3O6/c1-11-7-8-14(31-11)18-16(20(27)21(28)25(18)10-9-24(4)5)19(26)15-12(2)17(22(29)30-6)23-13(15)3/h7-8,18,23,26H,9-10H2,1-6H3/t18-/m1/s1. The fourth-order valence-corrected chi connectivity index (χ4v) is 3.86. The summed E-state index contributed by atoms with van der Waals surface area (Å²) in [7, 11) is 4.99. The zero-order chi connectivity index (χ0) is 23.0. The number of likely N-dealkylation sites (N-methyl/N-ethyl adjacent to an activating group) is 1. The molecule has 166 valence electrons. The van der Waals surface area contributed by atoms with E-state index in [0.29, 0.717) is 34.9 Å². The number of ketones is 1. The number of furan rings is 1. The summed E-state index contributed by atoms with van der Waals surface area (Å²) >= 11 is 0. The number of hydrogen-bond donors (Lipinski definition) is 2. The third-order valence-corrected chi connectivity index (χ3v) is 5.42. The van der Waals surface area contributed by atoms with Crippen LogP contribution in [0.3, 0.4) is 0 Å². The van der Waals surface area contributed by atoms with E-state index in [2.05, 4.69) is 4.98 Å². The maximum absolute atomic E-state index is 13.0. The fraction of sp³-hybridized carbons (Fsp3) is 0.409. The molecule has 9 nitrogen and oxygen atoms in total. The van der Waals surface area contributed by atoms with Crippen LogP contribution in [0.25, 0.3) is 5.76 Å². The molecule has 0 aromatic carbocycles. The molecule has 31 heavy (non-hydrogen) atoms. The molecule has 3 heterocycles. The first-order chi connectivity index (χ1) is 14.6. The van der Waals surface area contributed by atoms with Crippen LogP contribution in [0.5, 0.6) is 0 Å². The van der Waals surface area contributed by atoms with E-state index in [1.54, 1.807) is 32.9 Å². The summed E-state index contributed by atoms with van der Waals surface area (Å²) in [6, 6.07) is 2.56. The molecule has 2 N–H and O–H groups in total. The fourth-order valence-electron chi connectivity index (χ4n) is 3.86. The highest BCUT2D eigenvalue weighted by Gasteiger charge is 2.47. The molecule has 1 fully saturated rings. The minimum absolute atomic E-state index is 0.0697. The Labute approximate surface area is 180 Å². The average molecular weight is 429 g/mol. The van der Waals surface area contributed by atoms with Crippen LogP contribution in [0.2, 0.25) is 0 Å². The molecule has 1 saturated heterocycles. The molecule has 0 aliphatic carbocycles. The average Bonchev–Trinajstić information content (AvgIpc) is 3.34. The Morgan fingerprint density at radius 3 is 2.48 bits per heavy atom. The minimum Gasteiger partial charge on any atom is -0.507 e. The van der Waals surface area contributed by atoms with E-state index < -0.39 is 23.7 Å². The number of aliphatic hydroxyl groups is 1. The monoisotopic (exact) mass is 429 g/mol. The van der Waals surface area contributed by atoms with Gasteiger partial charge in [-0.3, -0.25) is 9.59 Å². The van der Waals surface area contributed by atoms with Crippen LogP contribution in [0.1, 0.15) is 44.9 Å². The van der Waals surface area contributed by atoms with Crippen molar-refractivity contribution in [1.82, 2.24) is 14.8 Å². The SMILES string of the molecule is COC(=O)c1[nH]c(C)c(C(O)=C2C(=O)C(=O)N(CCN(C)C)[C@@H]2c2ccc(C)o2)c1C. The van der Waals surface area contributed by atoms with E-state index in [1.807, 2.05) is 19.0 Å². The number of hydrogen-bond acceptors (Lipinski definition) is 7. The third-order valence-electron chi connectivity index (χ3n) is 5.42. The number of esters is 1. The summed E-state index contributed by atoms with van der Waals surface area (Å²) in [5.41, 5.74) is 1.30. The Hall–Kier alpha value is -3.33. The van der Waals surface area contributed by atoms with Crippen LogP contribution in [0.4, 0.5) is 0 Å². The van der Waals surface area contributed by atoms with Crippen molar-refractivity contribution in [2.45, 2.75) is 26.8 Å². The van der Waals surface area contributed by atoms with Gasteiger partial charge in [0.15, 0.2) is 0 Å². The summed E-state index contributed by atoms with van der Waals surface area (Å²) in [6.45, 7) is 5.87. The number of aliphatic hydroxyl groups excluding tert-OH is 1. The second-order valence-electron chi connectivity index (χ2n) is 7.86. The van der Waals surface area contributed by atoms with Crippen LogP contribution in [0.15, 0.2) is 22.1 Å². The van der Waals surface area contributed by atoms with Gasteiger partial charge in [-0.1, -0.05) is 0 Å². The number of likely N-dealkylation sites (tertiary alicyclic amines) is 1. The molecular weight excluding hydrogens is 402 g/mol. The largest absolute Gasteiger partial charge is 0.507 e. The quantitative estimate of drug-likeness (QED) is 0.313. The van der Waals surface area contributed by atoms with Crippen molar-refractivity contribution in [2.24, 2.45) is 0 Å². The number of aromatic nitrogens is 1. The summed E-state index contributed by atoms with van der Waals surface area (Å²) in [5.74, 6) is -1.45. The van der Waals surface area contributed by atoms with Crippen molar-refractivity contribution in [2.75, 3.05) is 34.3 Å². The summed E-state index contributed by atoms with van der Waals surface area (Å²) in [6.07, 6.45) is 0. The van der Waals surface area contributed by atoms with Gasteiger partial charge in [0.2, 0.25) is 0 Å². The van der Waals surface area contributed by atoms with Crippen molar-refractivity contribution in [3.8, 4) is 0 Å². The van der Waals surface area contributed by atoms with Crippen molar-refractivity contribution >= 4 is 23.4 Å². The lowest BCUT2D eigenvalue weighted by Gasteiger charge is -2.24. The van der Waals surface area contributed by atoms with Crippen molar-refractivity contribution in [3.63, 3.8) is 0 Å². The number of H-pyrrole nitrogens is 1. The minimum atomic E-state index is -0.871. The molecular formula is C22H27N3O6. The zero-order valence-electron chi connectivity index (χ0n) is 18.5. The molecule has 1 aliphatic rings. The third kappa shape index (κ3) is 3.88. The Bertz CT molecular complexity index is 1080. The summed E-state index contributed by atoms with van der Waals surface area (Å²) in [4.78, 5) is 44.1. The van der Waals surface area contributed by atoms with Gasteiger partial charge in [-0.25, -0.2) is 4.79 Å². The number of aromatic amines is 1. The number of methoxy groups -OCH3 is 1. The highest BCUT2D eigenvalue weighted by Crippen LogP contribution is 2.41. The van der Waals surface area contributed by atoms with E-state index in [4.69, 9.17) is 9.15 Å². The molecule has 3 rings (SSSR count). The van der Waals surface area contributed by atoms with Crippen LogP contribution in [0, 0.1) is 20.8 Å². The topological polar surface area (TPSA) is 116 Å². The number of nitrogens with one attached hydrogen (secondary N) is 1. The Morgan fingerprint density at radius 2 is 1.94 bits per heavy atom. The number of carbonyl (C=O) groups is 3. The molecule has 0 radical (unpaired) electrons. The van der Waals surface area contributed by atoms with Gasteiger partial charge < -0.3 is 29.0 Å². The first-order valence-electron chi connectivity index (χ1n) is 9.85. The van der Waals surface area contributed by atoms with Gasteiger partial charge in [0.25, 0.3) is 11.7 Å². The van der Waals surface area contributed by atoms with Crippen molar-refractivity contribution in [1.29, 1.82) is 0 Å². The lowest BCUT2D eigenvalue weighted by Crippen LogP contribution is -2.35. The van der Waals surface area contributed by atoms with Gasteiger partial charge in [-0.05, 0) is 52.6 Å². The summed E-state index contributed by atoms with van der Waals surface area (Å²) < 4.78 is 10.5. The maximum atomic E-state index is 13.0. The number of Topliss-reactive ketones (excluding diaryl/α,β-unsaturated/α-hetero) is 1. The lowest BCUT2D eigenvalue weighted by molar-refractivity contribution is -0.140. The Balaban J connectivity index is 2.20. The molecule has 1 atom stereocenters. The Morgan fingerprint density at radius 1 is 1.26 bits per heavy atom. The van der Waals surface area contributed by atoms with Gasteiger partial charge >= 0.3 is 5.97 Å². The molecule has 1 aliphatic heterocycles. The van der Waals surface area contributed by atoms with Crippen LogP contribution in [-0.4, -0.2) is 71.8 Å². The van der Waals surface area contributed by atoms with Gasteiger partial charge in [0.05, 0.1) is 12.7 Å². The molecule has 0 bridgehead atoms. The second kappa shape index (κ2) is 8.43. The number of nitrogens with zero attached hydrogens (tertiary/aromatic N) is 2. The zero-order valence-corrected chi connectivity index (χ0v) is 18.5. The van der Waals surface area contributed by atoms with Crippen LogP contribution in [-0.2, 0) is 14.3 Å². The smallest absolute Gasteiger partial charge is 0.354 e. The number of amides is 1. The molecule has 2 aromatic heterocycles. The summed E-state index contributed by atoms with van der Waals surface area (Å²) in [5, 5.41) is 11.2. The molecule has 2 aromatic rings. The first kappa shape index (κ1) is 22.4. The number of ether oxygens (including phenoxy) is 1. The lowest BCUT2D eigenvalue weighted by atomic mass is 9.97. The molecule has 0 unspecified atom stereocenters. The molecule has 1 amide bonds. The van der Waals surface area contributed by atoms with Crippen molar-refractivity contribution in [3.05, 3.63) is 51.7 Å². The molecule has 0 saturated carbocycles.